The van der Waals surface area contributed by atoms with Crippen LogP contribution in [0.1, 0.15) is 10.4 Å². The quantitative estimate of drug-likeness (QED) is 0.719. The highest BCUT2D eigenvalue weighted by Crippen LogP contribution is 2.29. The average Bonchev–Trinajstić information content (AvgIpc) is 3.06. The van der Waals surface area contributed by atoms with Crippen LogP contribution in [0.5, 0.6) is 11.6 Å². The molecular formula is C17H18N4OS. The van der Waals surface area contributed by atoms with Gasteiger partial charge in [-0.1, -0.05) is 23.8 Å². The van der Waals surface area contributed by atoms with Crippen molar-refractivity contribution in [1.82, 2.24) is 9.97 Å². The molecule has 3 rings (SSSR count). The lowest BCUT2D eigenvalue weighted by molar-refractivity contribution is 0.464. The summed E-state index contributed by atoms with van der Waals surface area (Å²) >= 11 is 1.74. The molecule has 2 heterocycles. The molecule has 118 valence electrons. The minimum Gasteiger partial charge on any atom is -0.437 e. The second kappa shape index (κ2) is 7.11. The molecule has 2 aromatic heterocycles. The van der Waals surface area contributed by atoms with Crippen LogP contribution in [-0.4, -0.2) is 16.5 Å². The standard InChI is InChI=1S/C17H18N4OS/c1-12-4-6-13(7-5-12)22-17-15(18)16(20-11-21-17)19-9-8-14-3-2-10-23-14/h2-7,10-11H,8-9,18H2,1H3,(H,19,20,21). The molecule has 0 aliphatic carbocycles. The molecule has 23 heavy (non-hydrogen) atoms. The predicted molar refractivity (Wildman–Crippen MR) is 94.2 cm³/mol. The first kappa shape index (κ1) is 15.3. The Balaban J connectivity index is 1.66. The molecule has 0 fully saturated rings. The number of benzene rings is 1. The molecule has 0 spiro atoms. The van der Waals surface area contributed by atoms with Crippen LogP contribution in [0.2, 0.25) is 0 Å². The normalized spacial score (nSPS) is 10.5. The molecule has 0 saturated heterocycles. The summed E-state index contributed by atoms with van der Waals surface area (Å²) in [4.78, 5) is 9.63. The number of hydrogen-bond donors (Lipinski definition) is 2. The number of nitrogens with one attached hydrogen (secondary N) is 1. The van der Waals surface area contributed by atoms with Gasteiger partial charge in [-0.05, 0) is 36.9 Å². The molecule has 5 nitrogen and oxygen atoms in total. The van der Waals surface area contributed by atoms with Crippen LogP contribution in [0.3, 0.4) is 0 Å². The zero-order valence-electron chi connectivity index (χ0n) is 12.8. The van der Waals surface area contributed by atoms with Crippen molar-refractivity contribution in [2.75, 3.05) is 17.6 Å². The highest BCUT2D eigenvalue weighted by atomic mass is 32.1. The van der Waals surface area contributed by atoms with E-state index < -0.39 is 0 Å². The largest absolute Gasteiger partial charge is 0.437 e. The van der Waals surface area contributed by atoms with E-state index in [2.05, 4.69) is 26.7 Å². The molecule has 0 amide bonds. The van der Waals surface area contributed by atoms with Gasteiger partial charge in [-0.25, -0.2) is 4.98 Å². The van der Waals surface area contributed by atoms with E-state index >= 15 is 0 Å². The van der Waals surface area contributed by atoms with E-state index in [-0.39, 0.29) is 0 Å². The molecule has 0 aliphatic heterocycles. The zero-order valence-corrected chi connectivity index (χ0v) is 13.6. The number of ether oxygens (including phenoxy) is 1. The molecule has 0 saturated carbocycles. The topological polar surface area (TPSA) is 73.1 Å². The van der Waals surface area contributed by atoms with Gasteiger partial charge in [-0.15, -0.1) is 11.3 Å². The molecule has 0 bridgehead atoms. The molecule has 6 heteroatoms. The van der Waals surface area contributed by atoms with Crippen LogP contribution in [0, 0.1) is 6.92 Å². The predicted octanol–water partition coefficient (Wildman–Crippen LogP) is 3.88. The lowest BCUT2D eigenvalue weighted by Crippen LogP contribution is -2.09. The summed E-state index contributed by atoms with van der Waals surface area (Å²) < 4.78 is 5.74. The maximum absolute atomic E-state index is 6.11. The van der Waals surface area contributed by atoms with Gasteiger partial charge in [0.15, 0.2) is 5.82 Å². The molecular weight excluding hydrogens is 308 g/mol. The van der Waals surface area contributed by atoms with E-state index in [1.165, 1.54) is 16.8 Å². The fraction of sp³-hybridized carbons (Fsp3) is 0.176. The van der Waals surface area contributed by atoms with E-state index in [1.54, 1.807) is 11.3 Å². The summed E-state index contributed by atoms with van der Waals surface area (Å²) in [5.41, 5.74) is 7.70. The van der Waals surface area contributed by atoms with Gasteiger partial charge in [0.05, 0.1) is 0 Å². The van der Waals surface area contributed by atoms with Crippen LogP contribution in [0.15, 0.2) is 48.1 Å². The maximum atomic E-state index is 6.11. The SMILES string of the molecule is Cc1ccc(Oc2ncnc(NCCc3cccs3)c2N)cc1. The second-order valence-corrected chi connectivity index (χ2v) is 6.14. The van der Waals surface area contributed by atoms with Crippen molar-refractivity contribution in [2.24, 2.45) is 0 Å². The highest BCUT2D eigenvalue weighted by molar-refractivity contribution is 7.09. The molecule has 0 atom stereocenters. The van der Waals surface area contributed by atoms with Gasteiger partial charge in [-0.2, -0.15) is 4.98 Å². The Morgan fingerprint density at radius 3 is 2.74 bits per heavy atom. The van der Waals surface area contributed by atoms with Crippen LogP contribution >= 0.6 is 11.3 Å². The van der Waals surface area contributed by atoms with Crippen molar-refractivity contribution in [1.29, 1.82) is 0 Å². The summed E-state index contributed by atoms with van der Waals surface area (Å²) in [7, 11) is 0. The highest BCUT2D eigenvalue weighted by Gasteiger charge is 2.10. The lowest BCUT2D eigenvalue weighted by atomic mass is 10.2. The first-order valence-corrected chi connectivity index (χ1v) is 8.21. The number of rotatable bonds is 6. The Hall–Kier alpha value is -2.60. The van der Waals surface area contributed by atoms with Gasteiger partial charge in [0, 0.05) is 11.4 Å². The van der Waals surface area contributed by atoms with Crippen LogP contribution in [0.4, 0.5) is 11.5 Å². The van der Waals surface area contributed by atoms with Crippen molar-refractivity contribution < 1.29 is 4.74 Å². The van der Waals surface area contributed by atoms with Crippen LogP contribution < -0.4 is 15.8 Å². The second-order valence-electron chi connectivity index (χ2n) is 5.11. The first-order valence-electron chi connectivity index (χ1n) is 7.33. The van der Waals surface area contributed by atoms with Crippen molar-refractivity contribution in [3.8, 4) is 11.6 Å². The minimum atomic E-state index is 0.363. The van der Waals surface area contributed by atoms with Crippen molar-refractivity contribution in [2.45, 2.75) is 13.3 Å². The maximum Gasteiger partial charge on any atom is 0.248 e. The Labute approximate surface area is 139 Å². The molecule has 0 unspecified atom stereocenters. The Morgan fingerprint density at radius 1 is 1.17 bits per heavy atom. The molecule has 1 aromatic carbocycles. The van der Waals surface area contributed by atoms with E-state index in [9.17, 15) is 0 Å². The Bertz CT molecular complexity index is 757. The zero-order chi connectivity index (χ0) is 16.1. The van der Waals surface area contributed by atoms with Crippen molar-refractivity contribution in [3.05, 3.63) is 58.5 Å². The van der Waals surface area contributed by atoms with Crippen molar-refractivity contribution in [3.63, 3.8) is 0 Å². The molecule has 3 N–H and O–H groups in total. The van der Waals surface area contributed by atoms with Crippen LogP contribution in [0.25, 0.3) is 0 Å². The first-order chi connectivity index (χ1) is 11.2. The summed E-state index contributed by atoms with van der Waals surface area (Å²) in [5, 5.41) is 5.31. The Morgan fingerprint density at radius 2 is 2.00 bits per heavy atom. The van der Waals surface area contributed by atoms with Gasteiger partial charge < -0.3 is 15.8 Å². The van der Waals surface area contributed by atoms with Gasteiger partial charge in [0.2, 0.25) is 5.88 Å². The summed E-state index contributed by atoms with van der Waals surface area (Å²) in [5.74, 6) is 1.66. The van der Waals surface area contributed by atoms with Gasteiger partial charge in [-0.3, -0.25) is 0 Å². The number of thiophene rings is 1. The fourth-order valence-corrected chi connectivity index (χ4v) is 2.79. The number of nitrogen functional groups attached to an aromatic ring is 1. The number of aromatic nitrogens is 2. The average molecular weight is 326 g/mol. The van der Waals surface area contributed by atoms with Crippen molar-refractivity contribution >= 4 is 22.8 Å². The molecule has 3 aromatic rings. The lowest BCUT2D eigenvalue weighted by Gasteiger charge is -2.11. The van der Waals surface area contributed by atoms with E-state index in [4.69, 9.17) is 10.5 Å². The number of aryl methyl sites for hydroxylation is 1. The smallest absolute Gasteiger partial charge is 0.248 e. The minimum absolute atomic E-state index is 0.363. The summed E-state index contributed by atoms with van der Waals surface area (Å²) in [6, 6.07) is 11.9. The third-order valence-electron chi connectivity index (χ3n) is 3.33. The fourth-order valence-electron chi connectivity index (χ4n) is 2.08. The third kappa shape index (κ3) is 3.98. The number of hydrogen-bond acceptors (Lipinski definition) is 6. The van der Waals surface area contributed by atoms with Crippen LogP contribution in [-0.2, 0) is 6.42 Å². The van der Waals surface area contributed by atoms with Gasteiger partial charge in [0.1, 0.15) is 17.8 Å². The monoisotopic (exact) mass is 326 g/mol. The van der Waals surface area contributed by atoms with E-state index in [0.717, 1.165) is 13.0 Å². The van der Waals surface area contributed by atoms with Gasteiger partial charge in [0.25, 0.3) is 0 Å². The molecule has 0 radical (unpaired) electrons. The number of anilines is 2. The third-order valence-corrected chi connectivity index (χ3v) is 4.26. The van der Waals surface area contributed by atoms with Gasteiger partial charge >= 0.3 is 0 Å². The number of nitrogens with two attached hydrogens (primary N) is 1. The summed E-state index contributed by atoms with van der Waals surface area (Å²) in [6.45, 7) is 2.78. The summed E-state index contributed by atoms with van der Waals surface area (Å²) in [6.07, 6.45) is 2.38. The van der Waals surface area contributed by atoms with E-state index in [1.807, 2.05) is 37.3 Å². The molecule has 0 aliphatic rings. The Kier molecular flexibility index (Phi) is 4.73. The van der Waals surface area contributed by atoms with E-state index in [0.29, 0.717) is 23.1 Å². The number of nitrogens with zero attached hydrogens (tertiary/aromatic N) is 2.